The van der Waals surface area contributed by atoms with Gasteiger partial charge in [-0.15, -0.1) is 0 Å². The molecule has 0 spiro atoms. The predicted octanol–water partition coefficient (Wildman–Crippen LogP) is 0.460. The molecule has 0 unspecified atom stereocenters. The van der Waals surface area contributed by atoms with Crippen LogP contribution in [0.25, 0.3) is 0 Å². The van der Waals surface area contributed by atoms with Crippen molar-refractivity contribution >= 4 is 17.7 Å². The van der Waals surface area contributed by atoms with Crippen LogP contribution in [0.3, 0.4) is 0 Å². The highest BCUT2D eigenvalue weighted by molar-refractivity contribution is 5.85. The quantitative estimate of drug-likeness (QED) is 0.606. The lowest BCUT2D eigenvalue weighted by molar-refractivity contribution is -0.161. The topological polar surface area (TPSA) is 69.7 Å². The number of Topliss-reactive ketones (excluding diaryl/α,β-unsaturated/α-hetero) is 1. The maximum absolute atomic E-state index is 11.2. The fourth-order valence-corrected chi connectivity index (χ4v) is 0.814. The molecule has 0 aliphatic carbocycles. The van der Waals surface area contributed by atoms with E-state index in [0.29, 0.717) is 0 Å². The third-order valence-electron chi connectivity index (χ3n) is 1.45. The van der Waals surface area contributed by atoms with E-state index in [2.05, 4.69) is 9.47 Å². The fraction of sp³-hybridized carbons (Fsp3) is 0.667. The molecule has 0 aliphatic rings. The van der Waals surface area contributed by atoms with E-state index in [1.54, 1.807) is 6.92 Å². The van der Waals surface area contributed by atoms with Crippen molar-refractivity contribution in [3.8, 4) is 0 Å². The molecule has 14 heavy (non-hydrogen) atoms. The summed E-state index contributed by atoms with van der Waals surface area (Å²) < 4.78 is 9.28. The Kier molecular flexibility index (Phi) is 5.52. The summed E-state index contributed by atoms with van der Waals surface area (Å²) in [5, 5.41) is 0. The number of hydrogen-bond donors (Lipinski definition) is 0. The first-order valence-corrected chi connectivity index (χ1v) is 4.30. The molecule has 0 saturated carbocycles. The minimum atomic E-state index is -0.971. The van der Waals surface area contributed by atoms with Crippen LogP contribution < -0.4 is 0 Å². The number of ether oxygens (including phenoxy) is 2. The average molecular weight is 202 g/mol. The highest BCUT2D eigenvalue weighted by Crippen LogP contribution is 2.00. The second-order valence-corrected chi connectivity index (χ2v) is 2.72. The standard InChI is InChI=1S/C9H14O5/c1-4-8(12)9(14-7(3)11)5-13-6(2)10/h9H,4-5H2,1-3H3/t9-/m1/s1. The van der Waals surface area contributed by atoms with Crippen molar-refractivity contribution in [1.82, 2.24) is 0 Å². The van der Waals surface area contributed by atoms with Gasteiger partial charge in [0.25, 0.3) is 0 Å². The zero-order valence-electron chi connectivity index (χ0n) is 8.53. The van der Waals surface area contributed by atoms with Crippen LogP contribution in [0.2, 0.25) is 0 Å². The van der Waals surface area contributed by atoms with Gasteiger partial charge in [-0.3, -0.25) is 14.4 Å². The van der Waals surface area contributed by atoms with Gasteiger partial charge in [0, 0.05) is 20.3 Å². The fourth-order valence-electron chi connectivity index (χ4n) is 0.814. The molecule has 0 heterocycles. The second-order valence-electron chi connectivity index (χ2n) is 2.72. The Morgan fingerprint density at radius 2 is 1.71 bits per heavy atom. The van der Waals surface area contributed by atoms with Gasteiger partial charge in [-0.25, -0.2) is 0 Å². The van der Waals surface area contributed by atoms with E-state index in [0.717, 1.165) is 0 Å². The van der Waals surface area contributed by atoms with Crippen LogP contribution in [0.15, 0.2) is 0 Å². The smallest absolute Gasteiger partial charge is 0.303 e. The molecular formula is C9H14O5. The van der Waals surface area contributed by atoms with E-state index in [1.165, 1.54) is 13.8 Å². The lowest BCUT2D eigenvalue weighted by Gasteiger charge is -2.14. The van der Waals surface area contributed by atoms with Crippen molar-refractivity contribution in [2.24, 2.45) is 0 Å². The summed E-state index contributed by atoms with van der Waals surface area (Å²) in [7, 11) is 0. The van der Waals surface area contributed by atoms with Crippen molar-refractivity contribution < 1.29 is 23.9 Å². The Hall–Kier alpha value is -1.39. The van der Waals surface area contributed by atoms with Gasteiger partial charge in [-0.1, -0.05) is 6.92 Å². The van der Waals surface area contributed by atoms with Crippen LogP contribution in [0.1, 0.15) is 27.2 Å². The molecule has 80 valence electrons. The normalized spacial score (nSPS) is 11.6. The zero-order valence-corrected chi connectivity index (χ0v) is 8.53. The van der Waals surface area contributed by atoms with Crippen molar-refractivity contribution in [3.05, 3.63) is 0 Å². The van der Waals surface area contributed by atoms with Crippen LogP contribution in [0, 0.1) is 0 Å². The van der Waals surface area contributed by atoms with E-state index in [-0.39, 0.29) is 18.8 Å². The summed E-state index contributed by atoms with van der Waals surface area (Å²) >= 11 is 0. The Morgan fingerprint density at radius 1 is 1.14 bits per heavy atom. The first-order valence-electron chi connectivity index (χ1n) is 4.30. The van der Waals surface area contributed by atoms with Gasteiger partial charge < -0.3 is 9.47 Å². The molecular weight excluding hydrogens is 188 g/mol. The monoisotopic (exact) mass is 202 g/mol. The Bertz CT molecular complexity index is 233. The summed E-state index contributed by atoms with van der Waals surface area (Å²) in [5.41, 5.74) is 0. The third kappa shape index (κ3) is 5.29. The molecule has 0 aromatic carbocycles. The molecule has 5 nitrogen and oxygen atoms in total. The number of carbonyl (C=O) groups excluding carboxylic acids is 3. The van der Waals surface area contributed by atoms with Gasteiger partial charge in [-0.05, 0) is 0 Å². The van der Waals surface area contributed by atoms with Crippen LogP contribution >= 0.6 is 0 Å². The van der Waals surface area contributed by atoms with Gasteiger partial charge in [0.1, 0.15) is 6.61 Å². The SMILES string of the molecule is CCC(=O)[C@@H](COC(C)=O)OC(C)=O. The number of carbonyl (C=O) groups is 3. The highest BCUT2D eigenvalue weighted by Gasteiger charge is 2.20. The summed E-state index contributed by atoms with van der Waals surface area (Å²) in [6, 6.07) is 0. The van der Waals surface area contributed by atoms with Gasteiger partial charge in [0.2, 0.25) is 0 Å². The molecule has 0 amide bonds. The summed E-state index contributed by atoms with van der Waals surface area (Å²) in [6.45, 7) is 3.86. The lowest BCUT2D eigenvalue weighted by atomic mass is 10.2. The molecule has 5 heteroatoms. The van der Waals surface area contributed by atoms with E-state index < -0.39 is 18.0 Å². The van der Waals surface area contributed by atoms with Gasteiger partial charge in [0.15, 0.2) is 11.9 Å². The van der Waals surface area contributed by atoms with Crippen LogP contribution in [-0.4, -0.2) is 30.4 Å². The van der Waals surface area contributed by atoms with Crippen molar-refractivity contribution in [1.29, 1.82) is 0 Å². The Labute approximate surface area is 82.4 Å². The van der Waals surface area contributed by atoms with Crippen LogP contribution in [-0.2, 0) is 23.9 Å². The maximum atomic E-state index is 11.2. The molecule has 0 aromatic heterocycles. The molecule has 0 rings (SSSR count). The van der Waals surface area contributed by atoms with E-state index in [4.69, 9.17) is 0 Å². The van der Waals surface area contributed by atoms with E-state index >= 15 is 0 Å². The zero-order chi connectivity index (χ0) is 11.1. The highest BCUT2D eigenvalue weighted by atomic mass is 16.6. The molecule has 0 fully saturated rings. The largest absolute Gasteiger partial charge is 0.461 e. The number of rotatable bonds is 5. The van der Waals surface area contributed by atoms with Crippen molar-refractivity contribution in [2.75, 3.05) is 6.61 Å². The van der Waals surface area contributed by atoms with Crippen molar-refractivity contribution in [3.63, 3.8) is 0 Å². The second kappa shape index (κ2) is 6.12. The first-order chi connectivity index (χ1) is 6.47. The van der Waals surface area contributed by atoms with Gasteiger partial charge in [0.05, 0.1) is 0 Å². The number of esters is 2. The Morgan fingerprint density at radius 3 is 2.07 bits per heavy atom. The molecule has 0 radical (unpaired) electrons. The van der Waals surface area contributed by atoms with Gasteiger partial charge >= 0.3 is 11.9 Å². The number of hydrogen-bond acceptors (Lipinski definition) is 5. The minimum absolute atomic E-state index is 0.207. The lowest BCUT2D eigenvalue weighted by Crippen LogP contribution is -2.31. The predicted molar refractivity (Wildman–Crippen MR) is 47.5 cm³/mol. The van der Waals surface area contributed by atoms with Crippen molar-refractivity contribution in [2.45, 2.75) is 33.3 Å². The maximum Gasteiger partial charge on any atom is 0.303 e. The molecule has 0 saturated heterocycles. The Balaban J connectivity index is 4.17. The molecule has 0 bridgehead atoms. The minimum Gasteiger partial charge on any atom is -0.461 e. The molecule has 0 aliphatic heterocycles. The molecule has 0 N–H and O–H groups in total. The average Bonchev–Trinajstić information content (AvgIpc) is 2.10. The third-order valence-corrected chi connectivity index (χ3v) is 1.45. The summed E-state index contributed by atoms with van der Waals surface area (Å²) in [6.07, 6.45) is -0.736. The summed E-state index contributed by atoms with van der Waals surface area (Å²) in [4.78, 5) is 32.3. The molecule has 1 atom stereocenters. The van der Waals surface area contributed by atoms with E-state index in [9.17, 15) is 14.4 Å². The van der Waals surface area contributed by atoms with Crippen LogP contribution in [0.5, 0.6) is 0 Å². The van der Waals surface area contributed by atoms with Crippen LogP contribution in [0.4, 0.5) is 0 Å². The molecule has 0 aromatic rings. The van der Waals surface area contributed by atoms with Gasteiger partial charge in [-0.2, -0.15) is 0 Å². The van der Waals surface area contributed by atoms with E-state index in [1.807, 2.05) is 0 Å². The first kappa shape index (κ1) is 12.6. The number of ketones is 1. The summed E-state index contributed by atoms with van der Waals surface area (Å²) in [5.74, 6) is -1.34.